The standard InChI is InChI=1S/C13H16ClNO2/c1-8(15)9-4-11-12(5-10(9)14)17-7-13(2-3-13)6-16-11/h4-5,8H,2-3,6-7,15H2,1H3. The van der Waals surface area contributed by atoms with Crippen LogP contribution in [0.3, 0.4) is 0 Å². The number of nitrogens with two attached hydrogens (primary N) is 1. The third-order valence-corrected chi connectivity index (χ3v) is 3.91. The molecule has 1 saturated carbocycles. The fourth-order valence-electron chi connectivity index (χ4n) is 2.09. The first-order chi connectivity index (χ1) is 8.10. The van der Waals surface area contributed by atoms with Crippen molar-refractivity contribution in [3.05, 3.63) is 22.7 Å². The maximum atomic E-state index is 6.18. The smallest absolute Gasteiger partial charge is 0.162 e. The Morgan fingerprint density at radius 2 is 1.82 bits per heavy atom. The summed E-state index contributed by atoms with van der Waals surface area (Å²) in [6, 6.07) is 3.62. The molecule has 1 aliphatic heterocycles. The fourth-order valence-corrected chi connectivity index (χ4v) is 2.42. The van der Waals surface area contributed by atoms with Gasteiger partial charge in [-0.1, -0.05) is 11.6 Å². The third-order valence-electron chi connectivity index (χ3n) is 3.58. The summed E-state index contributed by atoms with van der Waals surface area (Å²) in [7, 11) is 0. The third kappa shape index (κ3) is 1.98. The molecule has 1 aliphatic carbocycles. The predicted octanol–water partition coefficient (Wildman–Crippen LogP) is 2.91. The summed E-state index contributed by atoms with van der Waals surface area (Å²) in [5.41, 5.74) is 7.03. The van der Waals surface area contributed by atoms with Crippen LogP contribution in [0.25, 0.3) is 0 Å². The predicted molar refractivity (Wildman–Crippen MR) is 66.7 cm³/mol. The molecule has 0 aromatic heterocycles. The summed E-state index contributed by atoms with van der Waals surface area (Å²) in [4.78, 5) is 0. The molecule has 2 aliphatic rings. The SMILES string of the molecule is CC(N)c1cc2c(cc1Cl)OCC1(CC1)CO2. The average molecular weight is 254 g/mol. The van der Waals surface area contributed by atoms with E-state index in [2.05, 4.69) is 0 Å². The van der Waals surface area contributed by atoms with Crippen LogP contribution in [0.1, 0.15) is 31.4 Å². The zero-order valence-corrected chi connectivity index (χ0v) is 10.6. The van der Waals surface area contributed by atoms with Crippen LogP contribution in [0.15, 0.2) is 12.1 Å². The van der Waals surface area contributed by atoms with Gasteiger partial charge in [-0.05, 0) is 31.4 Å². The van der Waals surface area contributed by atoms with Gasteiger partial charge in [0.05, 0.1) is 13.2 Å². The van der Waals surface area contributed by atoms with Gasteiger partial charge in [0.2, 0.25) is 0 Å². The molecule has 3 rings (SSSR count). The Hall–Kier alpha value is -0.930. The van der Waals surface area contributed by atoms with Gasteiger partial charge in [0, 0.05) is 22.5 Å². The highest BCUT2D eigenvalue weighted by molar-refractivity contribution is 6.31. The fraction of sp³-hybridized carbons (Fsp3) is 0.538. The van der Waals surface area contributed by atoms with Crippen molar-refractivity contribution in [2.45, 2.75) is 25.8 Å². The van der Waals surface area contributed by atoms with Crippen molar-refractivity contribution in [2.24, 2.45) is 11.1 Å². The van der Waals surface area contributed by atoms with E-state index < -0.39 is 0 Å². The molecule has 0 amide bonds. The number of rotatable bonds is 1. The van der Waals surface area contributed by atoms with E-state index in [9.17, 15) is 0 Å². The Kier molecular flexibility index (Phi) is 2.49. The van der Waals surface area contributed by atoms with E-state index in [0.29, 0.717) is 5.02 Å². The van der Waals surface area contributed by atoms with Crippen molar-refractivity contribution in [1.29, 1.82) is 0 Å². The van der Waals surface area contributed by atoms with Crippen LogP contribution >= 0.6 is 11.6 Å². The molecular weight excluding hydrogens is 238 g/mol. The molecule has 0 radical (unpaired) electrons. The van der Waals surface area contributed by atoms with E-state index in [1.54, 1.807) is 0 Å². The zero-order valence-electron chi connectivity index (χ0n) is 9.83. The van der Waals surface area contributed by atoms with Gasteiger partial charge >= 0.3 is 0 Å². The molecular formula is C13H16ClNO2. The van der Waals surface area contributed by atoms with Gasteiger partial charge in [0.1, 0.15) is 0 Å². The molecule has 1 atom stereocenters. The maximum absolute atomic E-state index is 6.18. The lowest BCUT2D eigenvalue weighted by molar-refractivity contribution is 0.197. The van der Waals surface area contributed by atoms with Crippen molar-refractivity contribution < 1.29 is 9.47 Å². The monoisotopic (exact) mass is 253 g/mol. The zero-order chi connectivity index (χ0) is 12.0. The van der Waals surface area contributed by atoms with E-state index in [4.69, 9.17) is 26.8 Å². The first-order valence-electron chi connectivity index (χ1n) is 5.94. The summed E-state index contributed by atoms with van der Waals surface area (Å²) < 4.78 is 11.6. The Morgan fingerprint density at radius 3 is 2.35 bits per heavy atom. The van der Waals surface area contributed by atoms with Crippen LogP contribution < -0.4 is 15.2 Å². The highest BCUT2D eigenvalue weighted by Crippen LogP contribution is 2.49. The van der Waals surface area contributed by atoms with Gasteiger partial charge in [-0.2, -0.15) is 0 Å². The van der Waals surface area contributed by atoms with E-state index in [0.717, 1.165) is 30.3 Å². The molecule has 4 heteroatoms. The minimum Gasteiger partial charge on any atom is -0.489 e. The van der Waals surface area contributed by atoms with Crippen molar-refractivity contribution in [3.8, 4) is 11.5 Å². The Morgan fingerprint density at radius 1 is 1.24 bits per heavy atom. The van der Waals surface area contributed by atoms with E-state index in [-0.39, 0.29) is 11.5 Å². The minimum atomic E-state index is -0.102. The Balaban J connectivity index is 1.95. The van der Waals surface area contributed by atoms with Gasteiger partial charge in [-0.15, -0.1) is 0 Å². The highest BCUT2D eigenvalue weighted by atomic mass is 35.5. The molecule has 0 saturated heterocycles. The lowest BCUT2D eigenvalue weighted by atomic mass is 10.1. The minimum absolute atomic E-state index is 0.102. The summed E-state index contributed by atoms with van der Waals surface area (Å²) in [6.45, 7) is 3.38. The van der Waals surface area contributed by atoms with Gasteiger partial charge in [0.25, 0.3) is 0 Å². The van der Waals surface area contributed by atoms with Crippen molar-refractivity contribution in [3.63, 3.8) is 0 Å². The van der Waals surface area contributed by atoms with Crippen molar-refractivity contribution >= 4 is 11.6 Å². The lowest BCUT2D eigenvalue weighted by Crippen LogP contribution is -2.17. The quantitative estimate of drug-likeness (QED) is 0.837. The number of ether oxygens (including phenoxy) is 2. The largest absolute Gasteiger partial charge is 0.489 e. The van der Waals surface area contributed by atoms with Crippen LogP contribution in [0, 0.1) is 5.41 Å². The molecule has 1 heterocycles. The van der Waals surface area contributed by atoms with E-state index in [1.807, 2.05) is 19.1 Å². The molecule has 1 aromatic rings. The molecule has 3 nitrogen and oxygen atoms in total. The topological polar surface area (TPSA) is 44.5 Å². The first-order valence-corrected chi connectivity index (χ1v) is 6.32. The first kappa shape index (κ1) is 11.2. The summed E-state index contributed by atoms with van der Waals surface area (Å²) >= 11 is 6.18. The van der Waals surface area contributed by atoms with Crippen LogP contribution in [0.5, 0.6) is 11.5 Å². The molecule has 1 spiro atoms. The number of hydrogen-bond acceptors (Lipinski definition) is 3. The molecule has 1 fully saturated rings. The highest BCUT2D eigenvalue weighted by Gasteiger charge is 2.46. The number of halogens is 1. The summed E-state index contributed by atoms with van der Waals surface area (Å²) in [6.07, 6.45) is 2.38. The molecule has 92 valence electrons. The van der Waals surface area contributed by atoms with Gasteiger partial charge in [0.15, 0.2) is 11.5 Å². The maximum Gasteiger partial charge on any atom is 0.162 e. The van der Waals surface area contributed by atoms with Gasteiger partial charge < -0.3 is 15.2 Å². The number of fused-ring (bicyclic) bond motifs is 1. The normalized spacial score (nSPS) is 22.1. The molecule has 1 unspecified atom stereocenters. The van der Waals surface area contributed by atoms with Gasteiger partial charge in [-0.3, -0.25) is 0 Å². The molecule has 0 bridgehead atoms. The Labute approximate surface area is 106 Å². The van der Waals surface area contributed by atoms with Crippen LogP contribution in [-0.4, -0.2) is 13.2 Å². The van der Waals surface area contributed by atoms with E-state index >= 15 is 0 Å². The second-order valence-electron chi connectivity index (χ2n) is 5.19. The van der Waals surface area contributed by atoms with Crippen molar-refractivity contribution in [2.75, 3.05) is 13.2 Å². The average Bonchev–Trinajstić information content (AvgIpc) is 3.07. The Bertz CT molecular complexity index is 455. The molecule has 17 heavy (non-hydrogen) atoms. The molecule has 1 aromatic carbocycles. The van der Waals surface area contributed by atoms with E-state index in [1.165, 1.54) is 12.8 Å². The summed E-state index contributed by atoms with van der Waals surface area (Å²) in [5, 5.41) is 0.647. The van der Waals surface area contributed by atoms with Crippen LogP contribution in [0.4, 0.5) is 0 Å². The van der Waals surface area contributed by atoms with Crippen LogP contribution in [0.2, 0.25) is 5.02 Å². The lowest BCUT2D eigenvalue weighted by Gasteiger charge is -2.13. The van der Waals surface area contributed by atoms with Crippen molar-refractivity contribution in [1.82, 2.24) is 0 Å². The number of benzene rings is 1. The second kappa shape index (κ2) is 3.79. The second-order valence-corrected chi connectivity index (χ2v) is 5.59. The van der Waals surface area contributed by atoms with Crippen LogP contribution in [-0.2, 0) is 0 Å². The summed E-state index contributed by atoms with van der Waals surface area (Å²) in [5.74, 6) is 1.51. The number of hydrogen-bond donors (Lipinski definition) is 1. The van der Waals surface area contributed by atoms with Gasteiger partial charge in [-0.25, -0.2) is 0 Å². The molecule has 2 N–H and O–H groups in total.